The monoisotopic (exact) mass is 552 g/mol. The van der Waals surface area contributed by atoms with Crippen molar-refractivity contribution in [1.29, 1.82) is 0 Å². The van der Waals surface area contributed by atoms with E-state index in [1.54, 1.807) is 24.4 Å². The second-order valence-corrected chi connectivity index (χ2v) is 10.5. The molecule has 4 aromatic rings. The fourth-order valence-corrected chi connectivity index (χ4v) is 5.04. The average molecular weight is 553 g/mol. The predicted octanol–water partition coefficient (Wildman–Crippen LogP) is 6.35. The van der Waals surface area contributed by atoms with Crippen molar-refractivity contribution in [2.24, 2.45) is 0 Å². The first-order valence-electron chi connectivity index (χ1n) is 12.9. The number of thioether (sulfide) groups is 1. The van der Waals surface area contributed by atoms with Crippen LogP contribution in [0.5, 0.6) is 5.75 Å². The Morgan fingerprint density at radius 3 is 2.42 bits per heavy atom. The minimum atomic E-state index is -1.05. The summed E-state index contributed by atoms with van der Waals surface area (Å²) in [6, 6.07) is 23.2. The Morgan fingerprint density at radius 2 is 1.73 bits per heavy atom. The number of carboxylic acids is 1. The van der Waals surface area contributed by atoms with Crippen molar-refractivity contribution >= 4 is 29.2 Å². The summed E-state index contributed by atoms with van der Waals surface area (Å²) in [5.74, 6) is -0.653. The van der Waals surface area contributed by atoms with Crippen LogP contribution in [0.3, 0.4) is 0 Å². The highest BCUT2D eigenvalue weighted by atomic mass is 32.2. The van der Waals surface area contributed by atoms with Crippen LogP contribution < -0.4 is 5.32 Å². The number of hydrogen-bond acceptors (Lipinski definition) is 5. The molecule has 40 heavy (non-hydrogen) atoms. The summed E-state index contributed by atoms with van der Waals surface area (Å²) in [6.45, 7) is 6.37. The van der Waals surface area contributed by atoms with E-state index in [1.165, 1.54) is 11.8 Å². The maximum Gasteiger partial charge on any atom is 0.326 e. The largest absolute Gasteiger partial charge is 0.508 e. The van der Waals surface area contributed by atoms with E-state index in [9.17, 15) is 19.8 Å². The first-order chi connectivity index (χ1) is 19.3. The van der Waals surface area contributed by atoms with Crippen LogP contribution in [0, 0.1) is 6.92 Å². The highest BCUT2D eigenvalue weighted by Crippen LogP contribution is 2.33. The fourth-order valence-electron chi connectivity index (χ4n) is 4.57. The summed E-state index contributed by atoms with van der Waals surface area (Å²) < 4.78 is 0. The highest BCUT2D eigenvalue weighted by Gasteiger charge is 2.23. The molecule has 3 N–H and O–H groups in total. The number of nitrogens with zero attached hydrogens (tertiary/aromatic N) is 1. The molecule has 0 unspecified atom stereocenters. The van der Waals surface area contributed by atoms with Crippen LogP contribution in [-0.2, 0) is 11.2 Å². The SMILES string of the molecule is C=C(c1ccc(C(=O)N[C@@H](CCSC)C(=O)O)c(-c2ccccc2C)c1)c1cccnc1Cc1ccc(O)cc1. The lowest BCUT2D eigenvalue weighted by Crippen LogP contribution is -2.41. The van der Waals surface area contributed by atoms with Gasteiger partial charge in [0, 0.05) is 23.7 Å². The zero-order valence-corrected chi connectivity index (χ0v) is 23.4. The molecule has 0 fully saturated rings. The molecule has 7 heteroatoms. The third kappa shape index (κ3) is 6.79. The second-order valence-electron chi connectivity index (χ2n) is 9.54. The van der Waals surface area contributed by atoms with Gasteiger partial charge in [-0.1, -0.05) is 55.1 Å². The Morgan fingerprint density at radius 1 is 0.975 bits per heavy atom. The van der Waals surface area contributed by atoms with Gasteiger partial charge in [0.1, 0.15) is 11.8 Å². The number of carbonyl (C=O) groups excluding carboxylic acids is 1. The van der Waals surface area contributed by atoms with E-state index in [0.717, 1.165) is 39.1 Å². The standard InChI is InChI=1S/C33H32N2O4S/c1-21-7-4-5-8-26(21)29-20-24(12-15-28(29)32(37)35-30(33(38)39)16-18-40-3)22(2)27-9-6-17-34-31(27)19-23-10-13-25(36)14-11-23/h4-15,17,20,30,36H,2,16,18-19H2,1,3H3,(H,35,37)(H,38,39)/t30-/m0/s1. The van der Waals surface area contributed by atoms with Crippen molar-refractivity contribution in [2.45, 2.75) is 25.8 Å². The molecule has 1 heterocycles. The van der Waals surface area contributed by atoms with Gasteiger partial charge in [-0.05, 0) is 89.1 Å². The quantitative estimate of drug-likeness (QED) is 0.201. The normalized spacial score (nSPS) is 11.6. The van der Waals surface area contributed by atoms with E-state index in [2.05, 4.69) is 16.9 Å². The molecule has 0 spiro atoms. The van der Waals surface area contributed by atoms with Crippen LogP contribution >= 0.6 is 11.8 Å². The number of amides is 1. The van der Waals surface area contributed by atoms with Crippen LogP contribution in [0.4, 0.5) is 0 Å². The van der Waals surface area contributed by atoms with Gasteiger partial charge in [-0.3, -0.25) is 9.78 Å². The number of aliphatic carboxylic acids is 1. The molecule has 6 nitrogen and oxygen atoms in total. The van der Waals surface area contributed by atoms with Gasteiger partial charge >= 0.3 is 5.97 Å². The van der Waals surface area contributed by atoms with Crippen molar-refractivity contribution in [3.05, 3.63) is 125 Å². The Hall–Kier alpha value is -4.36. The number of nitrogens with one attached hydrogen (secondary N) is 1. The smallest absolute Gasteiger partial charge is 0.326 e. The van der Waals surface area contributed by atoms with Crippen molar-refractivity contribution in [2.75, 3.05) is 12.0 Å². The number of hydrogen-bond donors (Lipinski definition) is 3. The summed E-state index contributed by atoms with van der Waals surface area (Å²) in [7, 11) is 0. The number of aromatic nitrogens is 1. The zero-order valence-electron chi connectivity index (χ0n) is 22.6. The summed E-state index contributed by atoms with van der Waals surface area (Å²) in [6.07, 6.45) is 4.55. The molecule has 0 radical (unpaired) electrons. The topological polar surface area (TPSA) is 99.5 Å². The van der Waals surface area contributed by atoms with Gasteiger partial charge in [0.05, 0.1) is 5.69 Å². The van der Waals surface area contributed by atoms with Crippen molar-refractivity contribution in [3.8, 4) is 16.9 Å². The molecular weight excluding hydrogens is 520 g/mol. The molecule has 1 atom stereocenters. The lowest BCUT2D eigenvalue weighted by Gasteiger charge is -2.18. The molecule has 1 amide bonds. The minimum absolute atomic E-state index is 0.209. The lowest BCUT2D eigenvalue weighted by atomic mass is 9.89. The van der Waals surface area contributed by atoms with Gasteiger partial charge in [-0.25, -0.2) is 4.79 Å². The van der Waals surface area contributed by atoms with Gasteiger partial charge in [-0.15, -0.1) is 0 Å². The number of carbonyl (C=O) groups is 2. The van der Waals surface area contributed by atoms with E-state index in [1.807, 2.05) is 73.8 Å². The molecule has 0 saturated carbocycles. The molecule has 3 aromatic carbocycles. The third-order valence-electron chi connectivity index (χ3n) is 6.79. The van der Waals surface area contributed by atoms with Crippen LogP contribution in [0.15, 0.2) is 91.6 Å². The van der Waals surface area contributed by atoms with E-state index in [-0.39, 0.29) is 5.75 Å². The van der Waals surface area contributed by atoms with Gasteiger partial charge < -0.3 is 15.5 Å². The van der Waals surface area contributed by atoms with E-state index >= 15 is 0 Å². The van der Waals surface area contributed by atoms with Crippen LogP contribution in [0.25, 0.3) is 16.7 Å². The molecule has 0 aliphatic rings. The average Bonchev–Trinajstić information content (AvgIpc) is 2.96. The molecule has 0 bridgehead atoms. The summed E-state index contributed by atoms with van der Waals surface area (Å²) in [5.41, 5.74) is 7.29. The molecule has 0 saturated heterocycles. The molecule has 204 valence electrons. The van der Waals surface area contributed by atoms with Crippen LogP contribution in [0.2, 0.25) is 0 Å². The van der Waals surface area contributed by atoms with Gasteiger partial charge in [0.2, 0.25) is 0 Å². The Bertz CT molecular complexity index is 1530. The van der Waals surface area contributed by atoms with Crippen molar-refractivity contribution < 1.29 is 19.8 Å². The van der Waals surface area contributed by atoms with Gasteiger partial charge in [0.25, 0.3) is 5.91 Å². The summed E-state index contributed by atoms with van der Waals surface area (Å²) in [4.78, 5) is 29.8. The van der Waals surface area contributed by atoms with Crippen molar-refractivity contribution in [3.63, 3.8) is 0 Å². The fraction of sp³-hybridized carbons (Fsp3) is 0.182. The predicted molar refractivity (Wildman–Crippen MR) is 162 cm³/mol. The third-order valence-corrected chi connectivity index (χ3v) is 7.43. The number of benzene rings is 3. The maximum atomic E-state index is 13.4. The van der Waals surface area contributed by atoms with Gasteiger partial charge in [0.15, 0.2) is 0 Å². The van der Waals surface area contributed by atoms with Gasteiger partial charge in [-0.2, -0.15) is 11.8 Å². The lowest BCUT2D eigenvalue weighted by molar-refractivity contribution is -0.139. The molecular formula is C33H32N2O4S. The Kier molecular flexibility index (Phi) is 9.40. The second kappa shape index (κ2) is 13.1. The Balaban J connectivity index is 1.73. The summed E-state index contributed by atoms with van der Waals surface area (Å²) >= 11 is 1.54. The van der Waals surface area contributed by atoms with Crippen LogP contribution in [-0.4, -0.2) is 45.1 Å². The molecule has 1 aromatic heterocycles. The number of phenolic OH excluding ortho intramolecular Hbond substituents is 1. The number of carboxylic acid groups (broad SMARTS) is 1. The summed E-state index contributed by atoms with van der Waals surface area (Å²) in [5, 5.41) is 22.0. The molecule has 0 aliphatic carbocycles. The van der Waals surface area contributed by atoms with E-state index in [4.69, 9.17) is 0 Å². The maximum absolute atomic E-state index is 13.4. The van der Waals surface area contributed by atoms with Crippen LogP contribution in [0.1, 0.15) is 44.7 Å². The number of phenols is 1. The van der Waals surface area contributed by atoms with E-state index < -0.39 is 17.9 Å². The first-order valence-corrected chi connectivity index (χ1v) is 14.3. The molecule has 4 rings (SSSR count). The highest BCUT2D eigenvalue weighted by molar-refractivity contribution is 7.98. The van der Waals surface area contributed by atoms with E-state index in [0.29, 0.717) is 29.7 Å². The number of aryl methyl sites for hydroxylation is 1. The number of pyridine rings is 1. The molecule has 0 aliphatic heterocycles. The number of aromatic hydroxyl groups is 1. The number of rotatable bonds is 11. The Labute approximate surface area is 238 Å². The van der Waals surface area contributed by atoms with Crippen molar-refractivity contribution in [1.82, 2.24) is 10.3 Å². The minimum Gasteiger partial charge on any atom is -0.508 e. The first kappa shape index (κ1) is 28.6. The zero-order chi connectivity index (χ0) is 28.6.